The van der Waals surface area contributed by atoms with Gasteiger partial charge < -0.3 is 9.47 Å². The van der Waals surface area contributed by atoms with Crippen LogP contribution in [0.15, 0.2) is 30.5 Å². The van der Waals surface area contributed by atoms with Gasteiger partial charge in [0.05, 0.1) is 25.8 Å². The summed E-state index contributed by atoms with van der Waals surface area (Å²) in [5.41, 5.74) is 2.01. The largest absolute Gasteiger partial charge is 0.465 e. The normalized spacial score (nSPS) is 17.3. The summed E-state index contributed by atoms with van der Waals surface area (Å²) >= 11 is 0. The molecule has 5 heteroatoms. The van der Waals surface area contributed by atoms with Gasteiger partial charge in [-0.15, -0.1) is 0 Å². The third-order valence-electron chi connectivity index (χ3n) is 3.18. The van der Waals surface area contributed by atoms with E-state index in [2.05, 4.69) is 0 Å². The van der Waals surface area contributed by atoms with Crippen molar-refractivity contribution in [1.29, 1.82) is 0 Å². The second-order valence-corrected chi connectivity index (χ2v) is 4.17. The zero-order valence-electron chi connectivity index (χ0n) is 11.0. The summed E-state index contributed by atoms with van der Waals surface area (Å²) in [6.07, 6.45) is 0.966. The Morgan fingerprint density at radius 3 is 2.47 bits per heavy atom. The van der Waals surface area contributed by atoms with Crippen molar-refractivity contribution in [2.75, 3.05) is 14.2 Å². The molecule has 1 amide bonds. The van der Waals surface area contributed by atoms with Crippen molar-refractivity contribution in [1.82, 2.24) is 4.90 Å². The molecular weight excluding hydrogens is 246 g/mol. The van der Waals surface area contributed by atoms with E-state index in [-0.39, 0.29) is 6.04 Å². The smallest absolute Gasteiger partial charge is 0.414 e. The Morgan fingerprint density at radius 2 is 1.84 bits per heavy atom. The molecule has 0 aliphatic carbocycles. The third-order valence-corrected chi connectivity index (χ3v) is 3.18. The summed E-state index contributed by atoms with van der Waals surface area (Å²) in [5.74, 6) is -0.478. The van der Waals surface area contributed by atoms with Crippen LogP contribution >= 0.6 is 0 Å². The maximum absolute atomic E-state index is 11.8. The first kappa shape index (κ1) is 13.1. The highest BCUT2D eigenvalue weighted by atomic mass is 16.5. The van der Waals surface area contributed by atoms with Crippen molar-refractivity contribution in [2.24, 2.45) is 0 Å². The van der Waals surface area contributed by atoms with Crippen molar-refractivity contribution >= 4 is 17.6 Å². The van der Waals surface area contributed by atoms with Gasteiger partial charge in [0.25, 0.3) is 0 Å². The highest BCUT2D eigenvalue weighted by molar-refractivity contribution is 6.17. The molecule has 2 rings (SSSR count). The number of esters is 1. The van der Waals surface area contributed by atoms with Crippen LogP contribution < -0.4 is 0 Å². The summed E-state index contributed by atoms with van der Waals surface area (Å²) in [6.45, 7) is 1.88. The summed E-state index contributed by atoms with van der Waals surface area (Å²) in [6, 6.07) is 7.23. The minimum Gasteiger partial charge on any atom is -0.465 e. The van der Waals surface area contributed by atoms with E-state index in [1.165, 1.54) is 25.3 Å². The van der Waals surface area contributed by atoms with E-state index in [0.29, 0.717) is 5.57 Å². The third kappa shape index (κ3) is 2.19. The van der Waals surface area contributed by atoms with Gasteiger partial charge in [-0.2, -0.15) is 0 Å². The molecule has 0 radical (unpaired) electrons. The number of fused-ring (bicyclic) bond motifs is 1. The van der Waals surface area contributed by atoms with Crippen LogP contribution in [0.5, 0.6) is 0 Å². The van der Waals surface area contributed by atoms with E-state index in [9.17, 15) is 9.59 Å². The first-order chi connectivity index (χ1) is 9.10. The summed E-state index contributed by atoms with van der Waals surface area (Å²) in [5, 5.41) is 0. The van der Waals surface area contributed by atoms with Crippen molar-refractivity contribution in [2.45, 2.75) is 13.0 Å². The van der Waals surface area contributed by atoms with Crippen molar-refractivity contribution in [3.8, 4) is 0 Å². The lowest BCUT2D eigenvalue weighted by atomic mass is 9.92. The number of benzene rings is 1. The number of rotatable bonds is 1. The fraction of sp³-hybridized carbons (Fsp3) is 0.286. The van der Waals surface area contributed by atoms with Crippen LogP contribution in [0.3, 0.4) is 0 Å². The number of methoxy groups -OCH3 is 2. The number of ether oxygens (including phenoxy) is 2. The number of hydrogen-bond acceptors (Lipinski definition) is 4. The van der Waals surface area contributed by atoms with Gasteiger partial charge in [-0.25, -0.2) is 9.59 Å². The fourth-order valence-electron chi connectivity index (χ4n) is 2.17. The maximum atomic E-state index is 11.8. The summed E-state index contributed by atoms with van der Waals surface area (Å²) < 4.78 is 9.48. The van der Waals surface area contributed by atoms with E-state index < -0.39 is 12.1 Å². The van der Waals surface area contributed by atoms with Crippen LogP contribution in [0.2, 0.25) is 0 Å². The van der Waals surface area contributed by atoms with Gasteiger partial charge in [-0.05, 0) is 18.1 Å². The molecule has 0 N–H and O–H groups in total. The lowest BCUT2D eigenvalue weighted by molar-refractivity contribution is -0.133. The minimum absolute atomic E-state index is 0.197. The van der Waals surface area contributed by atoms with E-state index >= 15 is 0 Å². The number of hydrogen-bond donors (Lipinski definition) is 0. The van der Waals surface area contributed by atoms with E-state index in [1.807, 2.05) is 31.2 Å². The van der Waals surface area contributed by atoms with E-state index in [0.717, 1.165) is 11.1 Å². The summed E-state index contributed by atoms with van der Waals surface area (Å²) in [4.78, 5) is 25.0. The predicted molar refractivity (Wildman–Crippen MR) is 69.1 cm³/mol. The molecule has 1 aliphatic heterocycles. The Balaban J connectivity index is 2.55. The molecule has 1 aromatic carbocycles. The zero-order chi connectivity index (χ0) is 14.0. The average Bonchev–Trinajstić information content (AvgIpc) is 2.46. The number of carbonyl (C=O) groups is 2. The molecule has 1 aromatic rings. The Kier molecular flexibility index (Phi) is 3.55. The van der Waals surface area contributed by atoms with Gasteiger partial charge in [0.1, 0.15) is 0 Å². The van der Waals surface area contributed by atoms with Gasteiger partial charge in [-0.1, -0.05) is 24.3 Å². The van der Waals surface area contributed by atoms with Crippen LogP contribution in [0.1, 0.15) is 24.1 Å². The molecule has 1 unspecified atom stereocenters. The first-order valence-corrected chi connectivity index (χ1v) is 5.86. The number of carbonyl (C=O) groups excluding carboxylic acids is 2. The second-order valence-electron chi connectivity index (χ2n) is 4.17. The van der Waals surface area contributed by atoms with Gasteiger partial charge >= 0.3 is 12.1 Å². The molecule has 5 nitrogen and oxygen atoms in total. The monoisotopic (exact) mass is 261 g/mol. The SMILES string of the molecule is COC(=O)C1=CN(C(=O)OC)C(C)c2ccccc21. The Bertz CT molecular complexity index is 550. The molecule has 0 aromatic heterocycles. The molecule has 1 atom stereocenters. The first-order valence-electron chi connectivity index (χ1n) is 5.86. The Morgan fingerprint density at radius 1 is 1.16 bits per heavy atom. The Labute approximate surface area is 111 Å². The topological polar surface area (TPSA) is 55.8 Å². The van der Waals surface area contributed by atoms with Crippen LogP contribution in [-0.2, 0) is 14.3 Å². The second kappa shape index (κ2) is 5.14. The molecule has 0 saturated heterocycles. The van der Waals surface area contributed by atoms with Gasteiger partial charge in [0.2, 0.25) is 0 Å². The molecule has 0 spiro atoms. The van der Waals surface area contributed by atoms with E-state index in [1.54, 1.807) is 0 Å². The number of amides is 1. The van der Waals surface area contributed by atoms with Crippen LogP contribution in [0.4, 0.5) is 4.79 Å². The summed E-state index contributed by atoms with van der Waals surface area (Å²) in [7, 11) is 2.62. The molecular formula is C14H15NO4. The average molecular weight is 261 g/mol. The highest BCUT2D eigenvalue weighted by Gasteiger charge is 2.31. The molecule has 0 fully saturated rings. The molecule has 1 aliphatic rings. The Hall–Kier alpha value is -2.30. The molecule has 0 saturated carbocycles. The van der Waals surface area contributed by atoms with Gasteiger partial charge in [-0.3, -0.25) is 4.90 Å². The minimum atomic E-state index is -0.511. The van der Waals surface area contributed by atoms with Crippen LogP contribution in [0, 0.1) is 0 Å². The lowest BCUT2D eigenvalue weighted by Crippen LogP contribution is -2.33. The van der Waals surface area contributed by atoms with Crippen LogP contribution in [-0.4, -0.2) is 31.2 Å². The quantitative estimate of drug-likeness (QED) is 0.728. The molecule has 1 heterocycles. The zero-order valence-corrected chi connectivity index (χ0v) is 11.0. The standard InChI is InChI=1S/C14H15NO4/c1-9-10-6-4-5-7-11(10)12(13(16)18-2)8-15(9)14(17)19-3/h4-9H,1-3H3. The van der Waals surface area contributed by atoms with E-state index in [4.69, 9.17) is 9.47 Å². The molecule has 0 bridgehead atoms. The number of nitrogens with zero attached hydrogens (tertiary/aromatic N) is 1. The highest BCUT2D eigenvalue weighted by Crippen LogP contribution is 2.35. The predicted octanol–water partition coefficient (Wildman–Crippen LogP) is 2.34. The van der Waals surface area contributed by atoms with Gasteiger partial charge in [0.15, 0.2) is 0 Å². The van der Waals surface area contributed by atoms with Crippen molar-refractivity contribution < 1.29 is 19.1 Å². The fourth-order valence-corrected chi connectivity index (χ4v) is 2.17. The van der Waals surface area contributed by atoms with Gasteiger partial charge in [0, 0.05) is 6.20 Å². The van der Waals surface area contributed by atoms with Crippen molar-refractivity contribution in [3.63, 3.8) is 0 Å². The van der Waals surface area contributed by atoms with Crippen LogP contribution in [0.25, 0.3) is 5.57 Å². The lowest BCUT2D eigenvalue weighted by Gasteiger charge is -2.31. The maximum Gasteiger partial charge on any atom is 0.414 e. The molecule has 19 heavy (non-hydrogen) atoms. The van der Waals surface area contributed by atoms with Crippen molar-refractivity contribution in [3.05, 3.63) is 41.6 Å². The molecule has 100 valence electrons.